The van der Waals surface area contributed by atoms with Crippen molar-refractivity contribution < 1.29 is 14.6 Å². The molecule has 0 radical (unpaired) electrons. The minimum atomic E-state index is 0. The highest BCUT2D eigenvalue weighted by Crippen LogP contribution is 2.29. The van der Waals surface area contributed by atoms with E-state index in [0.29, 0.717) is 18.8 Å². The molecule has 2 heterocycles. The molecule has 2 aliphatic rings. The number of halogens is 1. The molecule has 1 aromatic carbocycles. The zero-order chi connectivity index (χ0) is 22.1. The second kappa shape index (κ2) is 13.7. The topological polar surface area (TPSA) is 80.6 Å². The Morgan fingerprint density at radius 3 is 2.38 bits per heavy atom. The number of hydrogen-bond donors (Lipinski definition) is 2. The number of guanidine groups is 1. The van der Waals surface area contributed by atoms with Crippen LogP contribution in [0.15, 0.2) is 23.2 Å². The van der Waals surface area contributed by atoms with E-state index in [2.05, 4.69) is 22.0 Å². The first-order chi connectivity index (χ1) is 15.1. The van der Waals surface area contributed by atoms with Crippen LogP contribution in [0.25, 0.3) is 0 Å². The molecule has 180 valence electrons. The first-order valence-electron chi connectivity index (χ1n) is 11.5. The molecule has 0 atom stereocenters. The van der Waals surface area contributed by atoms with Crippen molar-refractivity contribution >= 4 is 35.8 Å². The maximum absolute atomic E-state index is 12.7. The molecule has 3 rings (SSSR count). The third kappa shape index (κ3) is 7.40. The summed E-state index contributed by atoms with van der Waals surface area (Å²) >= 11 is 0. The number of carbonyl (C=O) groups is 1. The van der Waals surface area contributed by atoms with Gasteiger partial charge in [-0.15, -0.1) is 24.0 Å². The summed E-state index contributed by atoms with van der Waals surface area (Å²) in [5.41, 5.74) is 0.733. The summed E-state index contributed by atoms with van der Waals surface area (Å²) in [4.78, 5) is 23.9. The molecule has 0 bridgehead atoms. The van der Waals surface area contributed by atoms with Crippen molar-refractivity contribution in [1.82, 2.24) is 20.0 Å². The van der Waals surface area contributed by atoms with Gasteiger partial charge in [0.2, 0.25) is 5.91 Å². The van der Waals surface area contributed by atoms with E-state index in [4.69, 9.17) is 9.73 Å². The molecule has 2 N–H and O–H groups in total. The maximum atomic E-state index is 12.7. The zero-order valence-electron chi connectivity index (χ0n) is 19.4. The molecule has 2 aliphatic heterocycles. The molecular weight excluding hydrogens is 521 g/mol. The summed E-state index contributed by atoms with van der Waals surface area (Å²) in [5.74, 6) is 1.70. The van der Waals surface area contributed by atoms with Gasteiger partial charge in [0.05, 0.1) is 20.2 Å². The molecule has 0 spiro atoms. The van der Waals surface area contributed by atoms with Gasteiger partial charge in [-0.1, -0.05) is 25.0 Å². The number of carbonyl (C=O) groups excluding carboxylic acids is 1. The van der Waals surface area contributed by atoms with E-state index >= 15 is 0 Å². The van der Waals surface area contributed by atoms with Crippen molar-refractivity contribution in [2.24, 2.45) is 4.99 Å². The molecular formula is C23H38IN5O3. The number of aliphatic imine (C=N–C) groups is 1. The Morgan fingerprint density at radius 2 is 1.75 bits per heavy atom. The monoisotopic (exact) mass is 559 g/mol. The van der Waals surface area contributed by atoms with Gasteiger partial charge in [0.1, 0.15) is 0 Å². The largest absolute Gasteiger partial charge is 0.504 e. The Kier molecular flexibility index (Phi) is 11.4. The number of phenols is 1. The van der Waals surface area contributed by atoms with E-state index in [9.17, 15) is 9.90 Å². The molecule has 0 unspecified atom stereocenters. The minimum Gasteiger partial charge on any atom is -0.504 e. The number of nitrogens with zero attached hydrogens (tertiary/aromatic N) is 4. The summed E-state index contributed by atoms with van der Waals surface area (Å²) in [6, 6.07) is 5.45. The number of methoxy groups -OCH3 is 1. The van der Waals surface area contributed by atoms with E-state index < -0.39 is 0 Å². The predicted molar refractivity (Wildman–Crippen MR) is 138 cm³/mol. The molecule has 0 aromatic heterocycles. The summed E-state index contributed by atoms with van der Waals surface area (Å²) in [6.07, 6.45) is 4.74. The summed E-state index contributed by atoms with van der Waals surface area (Å²) < 4.78 is 5.19. The number of ether oxygens (including phenoxy) is 1. The third-order valence-corrected chi connectivity index (χ3v) is 6.03. The Hall–Kier alpha value is -1.75. The Bertz CT molecular complexity index is 745. The van der Waals surface area contributed by atoms with E-state index in [1.165, 1.54) is 12.8 Å². The smallest absolute Gasteiger partial charge is 0.236 e. The number of aromatic hydroxyl groups is 1. The number of hydrogen-bond acceptors (Lipinski definition) is 5. The molecule has 0 aliphatic carbocycles. The number of piperazine rings is 1. The van der Waals surface area contributed by atoms with Gasteiger partial charge in [-0.05, 0) is 25.8 Å². The average molecular weight is 559 g/mol. The molecule has 1 amide bonds. The number of para-hydroxylation sites is 1. The van der Waals surface area contributed by atoms with Crippen LogP contribution < -0.4 is 10.1 Å². The van der Waals surface area contributed by atoms with Crippen molar-refractivity contribution in [2.45, 2.75) is 39.2 Å². The van der Waals surface area contributed by atoms with Crippen LogP contribution in [-0.2, 0) is 11.3 Å². The van der Waals surface area contributed by atoms with Gasteiger partial charge in [-0.2, -0.15) is 0 Å². The third-order valence-electron chi connectivity index (χ3n) is 6.03. The SMILES string of the molecule is CCNC(=NCc1cccc(OC)c1O)N1CCN(CC(=O)N2CCCCCC2)CC1.I. The van der Waals surface area contributed by atoms with E-state index in [1.54, 1.807) is 13.2 Å². The van der Waals surface area contributed by atoms with Gasteiger partial charge in [-0.25, -0.2) is 4.99 Å². The summed E-state index contributed by atoms with van der Waals surface area (Å²) in [5, 5.41) is 13.7. The van der Waals surface area contributed by atoms with Gasteiger partial charge in [0, 0.05) is 51.4 Å². The summed E-state index contributed by atoms with van der Waals surface area (Å²) in [7, 11) is 1.54. The van der Waals surface area contributed by atoms with Crippen LogP contribution in [0.2, 0.25) is 0 Å². The quantitative estimate of drug-likeness (QED) is 0.317. The lowest BCUT2D eigenvalue weighted by atomic mass is 10.2. The van der Waals surface area contributed by atoms with Crippen molar-refractivity contribution in [2.75, 3.05) is 59.5 Å². The standard InChI is InChI=1S/C23H37N5O3.HI/c1-3-24-23(25-17-19-9-8-10-20(31-2)22(19)30)28-15-13-26(14-16-28)18-21(29)27-11-6-4-5-7-12-27;/h8-10,30H,3-7,11-18H2,1-2H3,(H,24,25);1H. The van der Waals surface area contributed by atoms with Crippen LogP contribution >= 0.6 is 24.0 Å². The number of benzene rings is 1. The Labute approximate surface area is 209 Å². The lowest BCUT2D eigenvalue weighted by molar-refractivity contribution is -0.132. The maximum Gasteiger partial charge on any atom is 0.236 e. The van der Waals surface area contributed by atoms with Crippen molar-refractivity contribution in [1.29, 1.82) is 0 Å². The normalized spacial score (nSPS) is 18.0. The fourth-order valence-electron chi connectivity index (χ4n) is 4.18. The number of rotatable bonds is 6. The number of phenolic OH excluding ortho intramolecular Hbond substituents is 1. The molecule has 9 heteroatoms. The van der Waals surface area contributed by atoms with E-state index in [1.807, 2.05) is 17.0 Å². The second-order valence-electron chi connectivity index (χ2n) is 8.20. The van der Waals surface area contributed by atoms with Crippen LogP contribution in [0.5, 0.6) is 11.5 Å². The second-order valence-corrected chi connectivity index (χ2v) is 8.20. The van der Waals surface area contributed by atoms with Crippen molar-refractivity contribution in [3.05, 3.63) is 23.8 Å². The van der Waals surface area contributed by atoms with Crippen molar-refractivity contribution in [3.63, 3.8) is 0 Å². The average Bonchev–Trinajstić information content (AvgIpc) is 3.08. The molecule has 2 saturated heterocycles. The highest BCUT2D eigenvalue weighted by Gasteiger charge is 2.23. The fraction of sp³-hybridized carbons (Fsp3) is 0.652. The number of amides is 1. The first kappa shape index (κ1) is 26.5. The highest BCUT2D eigenvalue weighted by atomic mass is 127. The van der Waals surface area contributed by atoms with Crippen LogP contribution in [0, 0.1) is 0 Å². The Morgan fingerprint density at radius 1 is 1.06 bits per heavy atom. The zero-order valence-corrected chi connectivity index (χ0v) is 21.7. The van der Waals surface area contributed by atoms with Crippen LogP contribution in [0.1, 0.15) is 38.2 Å². The van der Waals surface area contributed by atoms with Crippen molar-refractivity contribution in [3.8, 4) is 11.5 Å². The van der Waals surface area contributed by atoms with Gasteiger partial charge < -0.3 is 25.0 Å². The van der Waals surface area contributed by atoms with Gasteiger partial charge in [-0.3, -0.25) is 9.69 Å². The van der Waals surface area contributed by atoms with Gasteiger partial charge in [0.15, 0.2) is 17.5 Å². The van der Waals surface area contributed by atoms with E-state index in [-0.39, 0.29) is 35.6 Å². The fourth-order valence-corrected chi connectivity index (χ4v) is 4.18. The minimum absolute atomic E-state index is 0. The predicted octanol–water partition coefficient (Wildman–Crippen LogP) is 2.50. The lowest BCUT2D eigenvalue weighted by Crippen LogP contribution is -2.54. The van der Waals surface area contributed by atoms with Crippen LogP contribution in [0.4, 0.5) is 0 Å². The van der Waals surface area contributed by atoms with Gasteiger partial charge in [0.25, 0.3) is 0 Å². The number of nitrogens with one attached hydrogen (secondary N) is 1. The first-order valence-corrected chi connectivity index (χ1v) is 11.5. The molecule has 1 aromatic rings. The van der Waals surface area contributed by atoms with E-state index in [0.717, 1.165) is 70.2 Å². The molecule has 8 nitrogen and oxygen atoms in total. The Balaban J connectivity index is 0.00000363. The van der Waals surface area contributed by atoms with Gasteiger partial charge >= 0.3 is 0 Å². The van der Waals surface area contributed by atoms with Crippen LogP contribution in [-0.4, -0.2) is 91.1 Å². The lowest BCUT2D eigenvalue weighted by Gasteiger charge is -2.37. The van der Waals surface area contributed by atoms with Crippen LogP contribution in [0.3, 0.4) is 0 Å². The molecule has 0 saturated carbocycles. The summed E-state index contributed by atoms with van der Waals surface area (Å²) in [6.45, 7) is 8.86. The molecule has 32 heavy (non-hydrogen) atoms. The highest BCUT2D eigenvalue weighted by molar-refractivity contribution is 14.0. The molecule has 2 fully saturated rings. The number of likely N-dealkylation sites (tertiary alicyclic amines) is 1.